The summed E-state index contributed by atoms with van der Waals surface area (Å²) in [6.45, 7) is 5.43. The maximum Gasteiger partial charge on any atom is 0.255 e. The Balaban J connectivity index is 2.98. The molecule has 2 N–H and O–H groups in total. The van der Waals surface area contributed by atoms with Crippen molar-refractivity contribution in [2.75, 3.05) is 32.9 Å². The number of nitrogens with two attached hydrogens (primary N) is 1. The first kappa shape index (κ1) is 15.8. The summed E-state index contributed by atoms with van der Waals surface area (Å²) in [6, 6.07) is 5.27. The van der Waals surface area contributed by atoms with Crippen LogP contribution in [-0.4, -0.2) is 48.9 Å². The molecule has 5 heteroatoms. The average molecular weight is 284 g/mol. The minimum absolute atomic E-state index is 0.0749. The molecule has 1 aromatic rings. The molecule has 1 rings (SSSR count). The van der Waals surface area contributed by atoms with E-state index in [9.17, 15) is 4.79 Å². The van der Waals surface area contributed by atoms with Crippen molar-refractivity contribution in [3.8, 4) is 0 Å². The average Bonchev–Trinajstić information content (AvgIpc) is 2.32. The first-order valence-electron chi connectivity index (χ1n) is 6.38. The van der Waals surface area contributed by atoms with Crippen molar-refractivity contribution in [3.05, 3.63) is 28.8 Å². The number of carbonyl (C=O) groups is 1. The number of benzene rings is 1. The summed E-state index contributed by atoms with van der Waals surface area (Å²) >= 11 is 6.12. The van der Waals surface area contributed by atoms with Gasteiger partial charge in [-0.15, -0.1) is 0 Å². The molecule has 0 fully saturated rings. The Hall–Kier alpha value is -1.26. The van der Waals surface area contributed by atoms with E-state index in [1.807, 2.05) is 27.9 Å². The molecule has 1 amide bonds. The number of hydrogen-bond donors (Lipinski definition) is 1. The van der Waals surface area contributed by atoms with Gasteiger partial charge in [0.25, 0.3) is 5.91 Å². The number of nitrogens with zero attached hydrogens (tertiary/aromatic N) is 2. The Morgan fingerprint density at radius 3 is 2.58 bits per heavy atom. The van der Waals surface area contributed by atoms with Crippen LogP contribution in [0.15, 0.2) is 18.2 Å². The smallest absolute Gasteiger partial charge is 0.255 e. The highest BCUT2D eigenvalue weighted by Gasteiger charge is 2.22. The van der Waals surface area contributed by atoms with Crippen molar-refractivity contribution < 1.29 is 4.79 Å². The van der Waals surface area contributed by atoms with Gasteiger partial charge in [-0.25, -0.2) is 0 Å². The molecule has 0 spiro atoms. The van der Waals surface area contributed by atoms with Crippen LogP contribution in [0.2, 0.25) is 5.02 Å². The molecule has 4 nitrogen and oxygen atoms in total. The molecule has 0 aliphatic heterocycles. The molecule has 0 heterocycles. The molecule has 1 aromatic carbocycles. The summed E-state index contributed by atoms with van der Waals surface area (Å²) < 4.78 is 0. The molecule has 0 radical (unpaired) electrons. The number of halogens is 1. The second-order valence-corrected chi connectivity index (χ2v) is 5.29. The number of rotatable bonds is 5. The second kappa shape index (κ2) is 6.78. The highest BCUT2D eigenvalue weighted by atomic mass is 35.5. The summed E-state index contributed by atoms with van der Waals surface area (Å²) in [5.74, 6) is -0.0749. The fourth-order valence-corrected chi connectivity index (χ4v) is 2.36. The minimum atomic E-state index is -0.0749. The molecular weight excluding hydrogens is 262 g/mol. The molecule has 0 aliphatic rings. The summed E-state index contributed by atoms with van der Waals surface area (Å²) in [5, 5.41) is 0.336. The lowest BCUT2D eigenvalue weighted by atomic mass is 10.1. The number of likely N-dealkylation sites (N-methyl/N-ethyl adjacent to an activating group) is 2. The highest BCUT2D eigenvalue weighted by molar-refractivity contribution is 6.36. The lowest BCUT2D eigenvalue weighted by molar-refractivity contribution is 0.0679. The lowest BCUT2D eigenvalue weighted by Gasteiger charge is -2.30. The van der Waals surface area contributed by atoms with Gasteiger partial charge in [0.2, 0.25) is 0 Å². The van der Waals surface area contributed by atoms with E-state index in [4.69, 9.17) is 17.3 Å². The van der Waals surface area contributed by atoms with Gasteiger partial charge in [-0.2, -0.15) is 0 Å². The molecule has 0 aromatic heterocycles. The molecule has 106 valence electrons. The SMILES string of the molecule is CCN(C(=O)c1cccc(N)c1Cl)C(C)CN(C)C. The third-order valence-electron chi connectivity index (χ3n) is 3.02. The number of hydrogen-bond acceptors (Lipinski definition) is 3. The van der Waals surface area contributed by atoms with Crippen LogP contribution in [0.25, 0.3) is 0 Å². The zero-order valence-electron chi connectivity index (χ0n) is 12.0. The van der Waals surface area contributed by atoms with Crippen LogP contribution in [0.4, 0.5) is 5.69 Å². The van der Waals surface area contributed by atoms with Gasteiger partial charge in [0.05, 0.1) is 16.3 Å². The van der Waals surface area contributed by atoms with Crippen LogP contribution in [0.3, 0.4) is 0 Å². The maximum absolute atomic E-state index is 12.5. The summed E-state index contributed by atoms with van der Waals surface area (Å²) in [6.07, 6.45) is 0. The predicted molar refractivity (Wildman–Crippen MR) is 80.6 cm³/mol. The van der Waals surface area contributed by atoms with Crippen LogP contribution in [0, 0.1) is 0 Å². The third-order valence-corrected chi connectivity index (χ3v) is 3.44. The molecular formula is C14H22ClN3O. The topological polar surface area (TPSA) is 49.6 Å². The zero-order valence-corrected chi connectivity index (χ0v) is 12.7. The van der Waals surface area contributed by atoms with Crippen molar-refractivity contribution in [1.82, 2.24) is 9.80 Å². The Labute approximate surface area is 120 Å². The highest BCUT2D eigenvalue weighted by Crippen LogP contribution is 2.24. The van der Waals surface area contributed by atoms with Crippen molar-refractivity contribution in [2.45, 2.75) is 19.9 Å². The van der Waals surface area contributed by atoms with Gasteiger partial charge >= 0.3 is 0 Å². The standard InChI is InChI=1S/C14H22ClN3O/c1-5-18(10(2)9-17(3)4)14(19)11-7-6-8-12(16)13(11)15/h6-8,10H,5,9,16H2,1-4H3. The fourth-order valence-electron chi connectivity index (χ4n) is 2.15. The molecule has 1 unspecified atom stereocenters. The normalized spacial score (nSPS) is 12.5. The molecule has 0 bridgehead atoms. The largest absolute Gasteiger partial charge is 0.398 e. The maximum atomic E-state index is 12.5. The van der Waals surface area contributed by atoms with E-state index in [2.05, 4.69) is 4.90 Å². The van der Waals surface area contributed by atoms with E-state index in [-0.39, 0.29) is 11.9 Å². The van der Waals surface area contributed by atoms with E-state index in [0.717, 1.165) is 6.54 Å². The summed E-state index contributed by atoms with van der Waals surface area (Å²) in [7, 11) is 3.98. The van der Waals surface area contributed by atoms with E-state index in [0.29, 0.717) is 22.8 Å². The van der Waals surface area contributed by atoms with Gasteiger partial charge in [0.15, 0.2) is 0 Å². The van der Waals surface area contributed by atoms with Crippen LogP contribution < -0.4 is 5.73 Å². The Bertz CT molecular complexity index is 448. The monoisotopic (exact) mass is 283 g/mol. The van der Waals surface area contributed by atoms with Crippen molar-refractivity contribution in [2.24, 2.45) is 0 Å². The Kier molecular flexibility index (Phi) is 5.63. The van der Waals surface area contributed by atoms with Crippen molar-refractivity contribution in [1.29, 1.82) is 0 Å². The van der Waals surface area contributed by atoms with Gasteiger partial charge in [0, 0.05) is 19.1 Å². The van der Waals surface area contributed by atoms with Gasteiger partial charge in [0.1, 0.15) is 0 Å². The van der Waals surface area contributed by atoms with Crippen LogP contribution >= 0.6 is 11.6 Å². The van der Waals surface area contributed by atoms with Crippen molar-refractivity contribution in [3.63, 3.8) is 0 Å². The quantitative estimate of drug-likeness (QED) is 0.844. The molecule has 0 aliphatic carbocycles. The summed E-state index contributed by atoms with van der Waals surface area (Å²) in [4.78, 5) is 16.4. The summed E-state index contributed by atoms with van der Waals surface area (Å²) in [5.41, 5.74) is 6.65. The first-order chi connectivity index (χ1) is 8.88. The van der Waals surface area contributed by atoms with Gasteiger partial charge < -0.3 is 15.5 Å². The minimum Gasteiger partial charge on any atom is -0.398 e. The Morgan fingerprint density at radius 2 is 2.05 bits per heavy atom. The van der Waals surface area contributed by atoms with Crippen LogP contribution in [0.5, 0.6) is 0 Å². The zero-order chi connectivity index (χ0) is 14.6. The molecule has 19 heavy (non-hydrogen) atoms. The number of carbonyl (C=O) groups excluding carboxylic acids is 1. The third kappa shape index (κ3) is 3.85. The van der Waals surface area contributed by atoms with Gasteiger partial charge in [-0.05, 0) is 40.1 Å². The number of nitrogen functional groups attached to an aromatic ring is 1. The molecule has 0 saturated heterocycles. The first-order valence-corrected chi connectivity index (χ1v) is 6.76. The second-order valence-electron chi connectivity index (χ2n) is 4.91. The van der Waals surface area contributed by atoms with Gasteiger partial charge in [-0.1, -0.05) is 17.7 Å². The van der Waals surface area contributed by atoms with E-state index in [1.54, 1.807) is 23.1 Å². The predicted octanol–water partition coefficient (Wildman–Crippen LogP) is 2.33. The Morgan fingerprint density at radius 1 is 1.42 bits per heavy atom. The lowest BCUT2D eigenvalue weighted by Crippen LogP contribution is -2.43. The fraction of sp³-hybridized carbons (Fsp3) is 0.500. The number of anilines is 1. The van der Waals surface area contributed by atoms with E-state index in [1.165, 1.54) is 0 Å². The number of amides is 1. The van der Waals surface area contributed by atoms with Crippen LogP contribution in [0.1, 0.15) is 24.2 Å². The van der Waals surface area contributed by atoms with Crippen molar-refractivity contribution >= 4 is 23.2 Å². The van der Waals surface area contributed by atoms with Gasteiger partial charge in [-0.3, -0.25) is 4.79 Å². The van der Waals surface area contributed by atoms with E-state index >= 15 is 0 Å². The van der Waals surface area contributed by atoms with E-state index < -0.39 is 0 Å². The molecule has 1 atom stereocenters. The molecule has 0 saturated carbocycles. The van der Waals surface area contributed by atoms with Crippen LogP contribution in [-0.2, 0) is 0 Å².